The molecule has 2 N–H and O–H groups in total. The summed E-state index contributed by atoms with van der Waals surface area (Å²) in [6.45, 7) is 0.646. The molecule has 1 atom stereocenters. The smallest absolute Gasteiger partial charge is 0.220 e. The van der Waals surface area contributed by atoms with E-state index < -0.39 is 0 Å². The number of rotatable bonds is 3. The van der Waals surface area contributed by atoms with Crippen LogP contribution in [0.15, 0.2) is 18.3 Å². The fraction of sp³-hybridized carbons (Fsp3) is 0.364. The SMILES string of the molecule is N#Cc1ccnc(NCC2CCC(=O)N2)c1. The number of nitriles is 1. The molecule has 1 aliphatic rings. The van der Waals surface area contributed by atoms with Crippen LogP contribution in [0.5, 0.6) is 0 Å². The number of nitrogens with zero attached hydrogens (tertiary/aromatic N) is 2. The topological polar surface area (TPSA) is 77.8 Å². The molecule has 0 saturated carbocycles. The van der Waals surface area contributed by atoms with Gasteiger partial charge in [-0.05, 0) is 18.6 Å². The lowest BCUT2D eigenvalue weighted by molar-refractivity contribution is -0.119. The van der Waals surface area contributed by atoms with Crippen LogP contribution in [0.4, 0.5) is 5.82 Å². The van der Waals surface area contributed by atoms with E-state index in [9.17, 15) is 4.79 Å². The van der Waals surface area contributed by atoms with Gasteiger partial charge in [0, 0.05) is 25.2 Å². The van der Waals surface area contributed by atoms with Crippen molar-refractivity contribution in [1.82, 2.24) is 10.3 Å². The molecule has 0 bridgehead atoms. The summed E-state index contributed by atoms with van der Waals surface area (Å²) in [6.07, 6.45) is 3.04. The van der Waals surface area contributed by atoms with Crippen LogP contribution in [0, 0.1) is 11.3 Å². The van der Waals surface area contributed by atoms with Crippen molar-refractivity contribution in [1.29, 1.82) is 5.26 Å². The molecule has 82 valence electrons. The summed E-state index contributed by atoms with van der Waals surface area (Å²) < 4.78 is 0. The van der Waals surface area contributed by atoms with Crippen LogP contribution in [-0.2, 0) is 4.79 Å². The minimum Gasteiger partial charge on any atom is -0.368 e. The van der Waals surface area contributed by atoms with E-state index in [4.69, 9.17) is 5.26 Å². The highest BCUT2D eigenvalue weighted by atomic mass is 16.1. The molecule has 0 aliphatic carbocycles. The van der Waals surface area contributed by atoms with Crippen molar-refractivity contribution in [2.45, 2.75) is 18.9 Å². The first kappa shape index (κ1) is 10.4. The zero-order valence-electron chi connectivity index (χ0n) is 8.73. The number of hydrogen-bond donors (Lipinski definition) is 2. The highest BCUT2D eigenvalue weighted by Gasteiger charge is 2.20. The van der Waals surface area contributed by atoms with E-state index in [1.54, 1.807) is 18.3 Å². The Morgan fingerprint density at radius 2 is 2.56 bits per heavy atom. The average Bonchev–Trinajstić information content (AvgIpc) is 2.73. The number of nitrogens with one attached hydrogen (secondary N) is 2. The first-order valence-electron chi connectivity index (χ1n) is 5.17. The van der Waals surface area contributed by atoms with Gasteiger partial charge in [-0.15, -0.1) is 0 Å². The molecule has 16 heavy (non-hydrogen) atoms. The molecule has 1 aromatic heterocycles. The zero-order valence-corrected chi connectivity index (χ0v) is 8.73. The van der Waals surface area contributed by atoms with Crippen molar-refractivity contribution in [2.75, 3.05) is 11.9 Å². The van der Waals surface area contributed by atoms with Crippen molar-refractivity contribution >= 4 is 11.7 Å². The lowest BCUT2D eigenvalue weighted by Gasteiger charge is -2.11. The monoisotopic (exact) mass is 216 g/mol. The van der Waals surface area contributed by atoms with Gasteiger partial charge < -0.3 is 10.6 Å². The maximum Gasteiger partial charge on any atom is 0.220 e. The lowest BCUT2D eigenvalue weighted by Crippen LogP contribution is -2.31. The molecule has 0 spiro atoms. The average molecular weight is 216 g/mol. The number of hydrogen-bond acceptors (Lipinski definition) is 4. The Labute approximate surface area is 93.5 Å². The quantitative estimate of drug-likeness (QED) is 0.777. The van der Waals surface area contributed by atoms with Crippen molar-refractivity contribution in [3.05, 3.63) is 23.9 Å². The Kier molecular flexibility index (Phi) is 3.01. The van der Waals surface area contributed by atoms with Crippen molar-refractivity contribution in [2.24, 2.45) is 0 Å². The summed E-state index contributed by atoms with van der Waals surface area (Å²) in [5, 5.41) is 14.7. The Hall–Kier alpha value is -2.09. The largest absolute Gasteiger partial charge is 0.368 e. The predicted octanol–water partition coefficient (Wildman–Crippen LogP) is 0.644. The predicted molar refractivity (Wildman–Crippen MR) is 58.6 cm³/mol. The van der Waals surface area contributed by atoms with Crippen LogP contribution in [0.2, 0.25) is 0 Å². The fourth-order valence-corrected chi connectivity index (χ4v) is 1.65. The Balaban J connectivity index is 1.90. The minimum absolute atomic E-state index is 0.102. The first-order chi connectivity index (χ1) is 7.78. The molecule has 5 heteroatoms. The van der Waals surface area contributed by atoms with Gasteiger partial charge in [-0.3, -0.25) is 4.79 Å². The molecule has 1 saturated heterocycles. The van der Waals surface area contributed by atoms with Crippen LogP contribution < -0.4 is 10.6 Å². The van der Waals surface area contributed by atoms with Gasteiger partial charge in [0.25, 0.3) is 0 Å². The second kappa shape index (κ2) is 4.62. The third kappa shape index (κ3) is 2.48. The minimum atomic E-state index is 0.102. The summed E-state index contributed by atoms with van der Waals surface area (Å²) >= 11 is 0. The normalized spacial score (nSPS) is 18.9. The van der Waals surface area contributed by atoms with Crippen molar-refractivity contribution < 1.29 is 4.79 Å². The maximum atomic E-state index is 11.0. The van der Waals surface area contributed by atoms with Gasteiger partial charge in [-0.1, -0.05) is 0 Å². The Morgan fingerprint density at radius 1 is 1.69 bits per heavy atom. The van der Waals surface area contributed by atoms with Gasteiger partial charge in [0.1, 0.15) is 5.82 Å². The lowest BCUT2D eigenvalue weighted by atomic mass is 10.2. The van der Waals surface area contributed by atoms with E-state index in [1.165, 1.54) is 0 Å². The van der Waals surface area contributed by atoms with E-state index in [1.807, 2.05) is 0 Å². The fourth-order valence-electron chi connectivity index (χ4n) is 1.65. The summed E-state index contributed by atoms with van der Waals surface area (Å²) in [4.78, 5) is 15.1. The molecule has 1 amide bonds. The summed E-state index contributed by atoms with van der Waals surface area (Å²) in [5.74, 6) is 0.769. The molecule has 1 aliphatic heterocycles. The van der Waals surface area contributed by atoms with Gasteiger partial charge >= 0.3 is 0 Å². The van der Waals surface area contributed by atoms with Gasteiger partial charge in [0.2, 0.25) is 5.91 Å². The molecule has 0 aromatic carbocycles. The van der Waals surface area contributed by atoms with E-state index in [2.05, 4.69) is 21.7 Å². The van der Waals surface area contributed by atoms with E-state index in [-0.39, 0.29) is 11.9 Å². The molecule has 1 unspecified atom stereocenters. The Morgan fingerprint density at radius 3 is 3.25 bits per heavy atom. The van der Waals surface area contributed by atoms with Crippen LogP contribution in [-0.4, -0.2) is 23.5 Å². The Bertz CT molecular complexity index is 438. The highest BCUT2D eigenvalue weighted by Crippen LogP contribution is 2.09. The molecule has 0 radical (unpaired) electrons. The highest BCUT2D eigenvalue weighted by molar-refractivity contribution is 5.78. The van der Waals surface area contributed by atoms with E-state index in [0.29, 0.717) is 24.3 Å². The summed E-state index contributed by atoms with van der Waals surface area (Å²) in [5.41, 5.74) is 0.577. The van der Waals surface area contributed by atoms with Gasteiger partial charge in [-0.2, -0.15) is 5.26 Å². The number of carbonyl (C=O) groups is 1. The van der Waals surface area contributed by atoms with Crippen molar-refractivity contribution in [3.8, 4) is 6.07 Å². The van der Waals surface area contributed by atoms with Gasteiger partial charge in [0.05, 0.1) is 11.6 Å². The molecule has 2 rings (SSSR count). The van der Waals surface area contributed by atoms with Crippen molar-refractivity contribution in [3.63, 3.8) is 0 Å². The maximum absolute atomic E-state index is 11.0. The van der Waals surface area contributed by atoms with Crippen LogP contribution in [0.25, 0.3) is 0 Å². The second-order valence-corrected chi connectivity index (χ2v) is 3.73. The molecule has 1 aromatic rings. The van der Waals surface area contributed by atoms with E-state index >= 15 is 0 Å². The third-order valence-electron chi connectivity index (χ3n) is 2.50. The number of amides is 1. The zero-order chi connectivity index (χ0) is 11.4. The number of carbonyl (C=O) groups excluding carboxylic acids is 1. The first-order valence-corrected chi connectivity index (χ1v) is 5.17. The molecular weight excluding hydrogens is 204 g/mol. The third-order valence-corrected chi connectivity index (χ3v) is 2.50. The number of pyridine rings is 1. The van der Waals surface area contributed by atoms with Crippen LogP contribution >= 0.6 is 0 Å². The van der Waals surface area contributed by atoms with Crippen LogP contribution in [0.3, 0.4) is 0 Å². The number of anilines is 1. The van der Waals surface area contributed by atoms with Gasteiger partial charge in [-0.25, -0.2) is 4.98 Å². The number of aromatic nitrogens is 1. The van der Waals surface area contributed by atoms with E-state index in [0.717, 1.165) is 6.42 Å². The van der Waals surface area contributed by atoms with Gasteiger partial charge in [0.15, 0.2) is 0 Å². The summed E-state index contributed by atoms with van der Waals surface area (Å²) in [6, 6.07) is 5.57. The standard InChI is InChI=1S/C11H12N4O/c12-6-8-3-4-13-10(5-8)14-7-9-1-2-11(16)15-9/h3-5,9H,1-2,7H2,(H,13,14)(H,15,16). The van der Waals surface area contributed by atoms with Crippen LogP contribution in [0.1, 0.15) is 18.4 Å². The molecular formula is C11H12N4O. The summed E-state index contributed by atoms with van der Waals surface area (Å²) in [7, 11) is 0. The molecule has 1 fully saturated rings. The second-order valence-electron chi connectivity index (χ2n) is 3.73. The molecule has 5 nitrogen and oxygen atoms in total. The molecule has 2 heterocycles.